The van der Waals surface area contributed by atoms with Crippen molar-refractivity contribution in [2.75, 3.05) is 5.32 Å². The standard InChI is InChI=1S/C20H19N9/c1-13-16(10-24-28(13)2)9-22-18-11-23-19-20(25-18)29(27-26-19)12-14-5-6-17-15(8-14)4-3-7-21-17/h3-8,10-11H,9,12H2,1-2H3,(H,22,25). The Morgan fingerprint density at radius 2 is 2.03 bits per heavy atom. The third-order valence-electron chi connectivity index (χ3n) is 5.02. The van der Waals surface area contributed by atoms with Gasteiger partial charge >= 0.3 is 0 Å². The second-order valence-corrected chi connectivity index (χ2v) is 6.91. The summed E-state index contributed by atoms with van der Waals surface area (Å²) < 4.78 is 3.62. The summed E-state index contributed by atoms with van der Waals surface area (Å²) >= 11 is 0. The molecule has 0 saturated heterocycles. The van der Waals surface area contributed by atoms with Gasteiger partial charge in [-0.3, -0.25) is 9.67 Å². The van der Waals surface area contributed by atoms with E-state index in [1.54, 1.807) is 17.1 Å². The lowest BCUT2D eigenvalue weighted by Crippen LogP contribution is -2.06. The maximum atomic E-state index is 4.67. The summed E-state index contributed by atoms with van der Waals surface area (Å²) in [4.78, 5) is 13.4. The molecule has 0 spiro atoms. The van der Waals surface area contributed by atoms with Crippen molar-refractivity contribution in [2.24, 2.45) is 7.05 Å². The highest BCUT2D eigenvalue weighted by Gasteiger charge is 2.11. The Balaban J connectivity index is 1.40. The van der Waals surface area contributed by atoms with Gasteiger partial charge < -0.3 is 5.32 Å². The van der Waals surface area contributed by atoms with E-state index in [2.05, 4.69) is 41.7 Å². The van der Waals surface area contributed by atoms with Crippen molar-refractivity contribution in [3.05, 3.63) is 65.7 Å². The molecule has 1 N–H and O–H groups in total. The number of hydrogen-bond donors (Lipinski definition) is 1. The predicted octanol–water partition coefficient (Wildman–Crippen LogP) is 2.47. The number of hydrogen-bond acceptors (Lipinski definition) is 7. The van der Waals surface area contributed by atoms with Gasteiger partial charge in [0, 0.05) is 36.4 Å². The van der Waals surface area contributed by atoms with Crippen LogP contribution in [0, 0.1) is 6.92 Å². The molecular formula is C20H19N9. The Labute approximate surface area is 166 Å². The van der Waals surface area contributed by atoms with E-state index in [1.165, 1.54) is 0 Å². The molecular weight excluding hydrogens is 366 g/mol. The fraction of sp³-hybridized carbons (Fsp3) is 0.200. The summed E-state index contributed by atoms with van der Waals surface area (Å²) in [6.07, 6.45) is 5.33. The number of anilines is 1. The van der Waals surface area contributed by atoms with E-state index in [-0.39, 0.29) is 0 Å². The van der Waals surface area contributed by atoms with E-state index in [0.717, 1.165) is 27.7 Å². The van der Waals surface area contributed by atoms with Crippen LogP contribution in [0.3, 0.4) is 0 Å². The van der Waals surface area contributed by atoms with Crippen molar-refractivity contribution in [3.63, 3.8) is 0 Å². The summed E-state index contributed by atoms with van der Waals surface area (Å²) in [7, 11) is 1.93. The average molecular weight is 385 g/mol. The first-order valence-electron chi connectivity index (χ1n) is 9.28. The van der Waals surface area contributed by atoms with Gasteiger partial charge in [-0.05, 0) is 30.7 Å². The second kappa shape index (κ2) is 6.93. The van der Waals surface area contributed by atoms with Crippen molar-refractivity contribution in [2.45, 2.75) is 20.0 Å². The topological polar surface area (TPSA) is 99.2 Å². The Kier molecular flexibility index (Phi) is 4.12. The van der Waals surface area contributed by atoms with Gasteiger partial charge in [-0.25, -0.2) is 14.6 Å². The lowest BCUT2D eigenvalue weighted by atomic mass is 10.1. The Morgan fingerprint density at radius 1 is 1.10 bits per heavy atom. The molecule has 0 bridgehead atoms. The number of benzene rings is 1. The third-order valence-corrected chi connectivity index (χ3v) is 5.02. The van der Waals surface area contributed by atoms with Crippen LogP contribution in [0.4, 0.5) is 5.82 Å². The van der Waals surface area contributed by atoms with Crippen LogP contribution in [0.2, 0.25) is 0 Å². The van der Waals surface area contributed by atoms with Crippen LogP contribution in [-0.4, -0.2) is 39.7 Å². The second-order valence-electron chi connectivity index (χ2n) is 6.91. The molecule has 0 aliphatic rings. The largest absolute Gasteiger partial charge is 0.365 e. The van der Waals surface area contributed by atoms with Crippen molar-refractivity contribution < 1.29 is 0 Å². The molecule has 5 aromatic rings. The molecule has 0 aliphatic carbocycles. The molecule has 9 heteroatoms. The molecule has 0 fully saturated rings. The van der Waals surface area contributed by atoms with E-state index in [9.17, 15) is 0 Å². The number of nitrogens with one attached hydrogen (secondary N) is 1. The zero-order valence-electron chi connectivity index (χ0n) is 16.1. The molecule has 0 radical (unpaired) electrons. The number of fused-ring (bicyclic) bond motifs is 2. The van der Waals surface area contributed by atoms with Crippen molar-refractivity contribution in [3.8, 4) is 0 Å². The Hall–Kier alpha value is -3.88. The maximum absolute atomic E-state index is 4.67. The first-order valence-corrected chi connectivity index (χ1v) is 9.28. The number of aryl methyl sites for hydroxylation is 1. The summed E-state index contributed by atoms with van der Waals surface area (Å²) in [5.74, 6) is 0.673. The monoisotopic (exact) mass is 385 g/mol. The number of nitrogens with zero attached hydrogens (tertiary/aromatic N) is 8. The molecule has 0 aliphatic heterocycles. The van der Waals surface area contributed by atoms with Crippen LogP contribution in [0.15, 0.2) is 48.9 Å². The fourth-order valence-electron chi connectivity index (χ4n) is 3.25. The van der Waals surface area contributed by atoms with Gasteiger partial charge in [0.15, 0.2) is 5.65 Å². The maximum Gasteiger partial charge on any atom is 0.221 e. The average Bonchev–Trinajstić information content (AvgIpc) is 3.29. The number of rotatable bonds is 5. The molecule has 4 heterocycles. The van der Waals surface area contributed by atoms with Crippen LogP contribution in [0.5, 0.6) is 0 Å². The predicted molar refractivity (Wildman–Crippen MR) is 109 cm³/mol. The highest BCUT2D eigenvalue weighted by atomic mass is 15.5. The molecule has 0 amide bonds. The summed E-state index contributed by atoms with van der Waals surface area (Å²) in [6.45, 7) is 3.22. The quantitative estimate of drug-likeness (QED) is 0.496. The molecule has 0 saturated carbocycles. The van der Waals surface area contributed by atoms with Crippen LogP contribution in [0.25, 0.3) is 22.2 Å². The lowest BCUT2D eigenvalue weighted by Gasteiger charge is -2.06. The number of aromatic nitrogens is 8. The highest BCUT2D eigenvalue weighted by Crippen LogP contribution is 2.17. The molecule has 0 unspecified atom stereocenters. The van der Waals surface area contributed by atoms with E-state index in [4.69, 9.17) is 0 Å². The minimum atomic E-state index is 0.524. The zero-order valence-corrected chi connectivity index (χ0v) is 16.1. The van der Waals surface area contributed by atoms with Crippen LogP contribution in [0.1, 0.15) is 16.8 Å². The Bertz CT molecular complexity index is 1320. The van der Waals surface area contributed by atoms with E-state index in [0.29, 0.717) is 30.2 Å². The minimum absolute atomic E-state index is 0.524. The normalized spacial score (nSPS) is 11.4. The molecule has 1 aromatic carbocycles. The van der Waals surface area contributed by atoms with Gasteiger partial charge in [-0.2, -0.15) is 5.10 Å². The third kappa shape index (κ3) is 3.27. The van der Waals surface area contributed by atoms with Gasteiger partial charge in [-0.1, -0.05) is 17.3 Å². The first kappa shape index (κ1) is 17.2. The van der Waals surface area contributed by atoms with Gasteiger partial charge in [-0.15, -0.1) is 5.10 Å². The minimum Gasteiger partial charge on any atom is -0.365 e. The molecule has 4 aromatic heterocycles. The molecule has 9 nitrogen and oxygen atoms in total. The molecule has 144 valence electrons. The van der Waals surface area contributed by atoms with Crippen molar-refractivity contribution >= 4 is 28.0 Å². The van der Waals surface area contributed by atoms with Gasteiger partial charge in [0.1, 0.15) is 5.82 Å². The SMILES string of the molecule is Cc1c(CNc2cnc3nnn(Cc4ccc5ncccc5c4)c3n2)cnn1C. The van der Waals surface area contributed by atoms with Crippen LogP contribution >= 0.6 is 0 Å². The van der Waals surface area contributed by atoms with Crippen LogP contribution in [-0.2, 0) is 20.1 Å². The summed E-state index contributed by atoms with van der Waals surface area (Å²) in [6, 6.07) is 10.1. The zero-order chi connectivity index (χ0) is 19.8. The highest BCUT2D eigenvalue weighted by molar-refractivity contribution is 5.79. The Morgan fingerprint density at radius 3 is 2.90 bits per heavy atom. The van der Waals surface area contributed by atoms with Crippen LogP contribution < -0.4 is 5.32 Å². The lowest BCUT2D eigenvalue weighted by molar-refractivity contribution is 0.664. The van der Waals surface area contributed by atoms with Crippen molar-refractivity contribution in [1.82, 2.24) is 39.7 Å². The first-order chi connectivity index (χ1) is 14.2. The molecule has 5 rings (SSSR count). The summed E-state index contributed by atoms with van der Waals surface area (Å²) in [5.41, 5.74) is 5.47. The number of pyridine rings is 1. The van der Waals surface area contributed by atoms with E-state index < -0.39 is 0 Å². The van der Waals surface area contributed by atoms with Gasteiger partial charge in [0.2, 0.25) is 5.65 Å². The van der Waals surface area contributed by atoms with Gasteiger partial charge in [0.05, 0.1) is 24.5 Å². The molecule has 29 heavy (non-hydrogen) atoms. The van der Waals surface area contributed by atoms with Crippen molar-refractivity contribution in [1.29, 1.82) is 0 Å². The fourth-order valence-corrected chi connectivity index (χ4v) is 3.25. The van der Waals surface area contributed by atoms with E-state index >= 15 is 0 Å². The molecule has 0 atom stereocenters. The smallest absolute Gasteiger partial charge is 0.221 e. The van der Waals surface area contributed by atoms with Gasteiger partial charge in [0.25, 0.3) is 0 Å². The van der Waals surface area contributed by atoms with E-state index in [1.807, 2.05) is 49.1 Å². The summed E-state index contributed by atoms with van der Waals surface area (Å²) in [5, 5.41) is 17.0.